The number of Topliss-reactive ketones (excluding diaryl/α,β-unsaturated/α-hetero) is 1. The fourth-order valence-corrected chi connectivity index (χ4v) is 3.07. The maximum atomic E-state index is 12.5. The largest absolute Gasteiger partial charge is 0.461 e. The van der Waals surface area contributed by atoms with Gasteiger partial charge in [0, 0.05) is 5.92 Å². The van der Waals surface area contributed by atoms with Crippen LogP contribution in [-0.4, -0.2) is 18.4 Å². The molecule has 3 heteroatoms. The molecule has 0 bridgehead atoms. The van der Waals surface area contributed by atoms with Gasteiger partial charge in [-0.05, 0) is 36.8 Å². The number of carbonyl (C=O) groups is 2. The summed E-state index contributed by atoms with van der Waals surface area (Å²) in [6.07, 6.45) is 1.99. The van der Waals surface area contributed by atoms with E-state index in [1.165, 1.54) is 0 Å². The Kier molecular flexibility index (Phi) is 5.16. The number of ether oxygens (including phenoxy) is 1. The van der Waals surface area contributed by atoms with Crippen molar-refractivity contribution < 1.29 is 14.3 Å². The highest BCUT2D eigenvalue weighted by Crippen LogP contribution is 2.34. The van der Waals surface area contributed by atoms with Crippen LogP contribution in [0.15, 0.2) is 30.3 Å². The second kappa shape index (κ2) is 6.88. The minimum absolute atomic E-state index is 0.113. The van der Waals surface area contributed by atoms with Gasteiger partial charge in [0.25, 0.3) is 0 Å². The topological polar surface area (TPSA) is 43.4 Å². The summed E-state index contributed by atoms with van der Waals surface area (Å²) in [7, 11) is 0. The van der Waals surface area contributed by atoms with Crippen molar-refractivity contribution in [3.63, 3.8) is 0 Å². The van der Waals surface area contributed by atoms with E-state index in [-0.39, 0.29) is 36.1 Å². The fourth-order valence-electron chi connectivity index (χ4n) is 3.07. The van der Waals surface area contributed by atoms with Gasteiger partial charge in [0.05, 0.1) is 11.5 Å². The zero-order valence-electron chi connectivity index (χ0n) is 13.0. The van der Waals surface area contributed by atoms with Crippen LogP contribution in [0.25, 0.3) is 0 Å². The van der Waals surface area contributed by atoms with Crippen LogP contribution in [-0.2, 0) is 9.53 Å². The highest BCUT2D eigenvalue weighted by atomic mass is 16.5. The molecule has 0 N–H and O–H groups in total. The predicted molar refractivity (Wildman–Crippen MR) is 81.9 cm³/mol. The maximum Gasteiger partial charge on any atom is 0.338 e. The smallest absolute Gasteiger partial charge is 0.338 e. The second-order valence-electron chi connectivity index (χ2n) is 6.38. The Morgan fingerprint density at radius 2 is 1.90 bits per heavy atom. The summed E-state index contributed by atoms with van der Waals surface area (Å²) in [6, 6.07) is 8.92. The van der Waals surface area contributed by atoms with Crippen LogP contribution < -0.4 is 0 Å². The van der Waals surface area contributed by atoms with E-state index in [0.29, 0.717) is 11.5 Å². The normalized spacial score (nSPS) is 25.9. The van der Waals surface area contributed by atoms with Gasteiger partial charge in [-0.2, -0.15) is 0 Å². The van der Waals surface area contributed by atoms with Gasteiger partial charge in [-0.15, -0.1) is 0 Å². The molecule has 3 nitrogen and oxygen atoms in total. The van der Waals surface area contributed by atoms with Gasteiger partial charge in [-0.3, -0.25) is 4.79 Å². The quantitative estimate of drug-likeness (QED) is 0.793. The average Bonchev–Trinajstić information content (AvgIpc) is 2.47. The molecule has 0 heterocycles. The SMILES string of the molecule is CC(C)[C@H]1CC[C@@H](C)[C@@H](COC(=O)c2ccccc2)C1=O. The highest BCUT2D eigenvalue weighted by molar-refractivity contribution is 5.90. The van der Waals surface area contributed by atoms with Crippen LogP contribution in [0.1, 0.15) is 44.0 Å². The summed E-state index contributed by atoms with van der Waals surface area (Å²) in [5, 5.41) is 0. The molecule has 3 atom stereocenters. The molecule has 1 aliphatic rings. The molecule has 1 aromatic carbocycles. The molecule has 0 radical (unpaired) electrons. The van der Waals surface area contributed by atoms with Crippen LogP contribution >= 0.6 is 0 Å². The minimum atomic E-state index is -0.345. The van der Waals surface area contributed by atoms with E-state index >= 15 is 0 Å². The van der Waals surface area contributed by atoms with Crippen LogP contribution in [0.2, 0.25) is 0 Å². The Morgan fingerprint density at radius 3 is 2.52 bits per heavy atom. The molecule has 1 saturated carbocycles. The summed E-state index contributed by atoms with van der Waals surface area (Å²) in [5.41, 5.74) is 0.536. The lowest BCUT2D eigenvalue weighted by Gasteiger charge is -2.34. The zero-order chi connectivity index (χ0) is 15.4. The number of carbonyl (C=O) groups excluding carboxylic acids is 2. The third kappa shape index (κ3) is 3.72. The molecule has 2 rings (SSSR count). The van der Waals surface area contributed by atoms with Gasteiger partial charge in [-0.25, -0.2) is 4.79 Å². The molecule has 0 aromatic heterocycles. The second-order valence-corrected chi connectivity index (χ2v) is 6.38. The lowest BCUT2D eigenvalue weighted by molar-refractivity contribution is -0.134. The van der Waals surface area contributed by atoms with E-state index in [9.17, 15) is 9.59 Å². The van der Waals surface area contributed by atoms with Crippen molar-refractivity contribution in [3.8, 4) is 0 Å². The lowest BCUT2D eigenvalue weighted by Crippen LogP contribution is -2.39. The fraction of sp³-hybridized carbons (Fsp3) is 0.556. The first-order valence-electron chi connectivity index (χ1n) is 7.76. The highest BCUT2D eigenvalue weighted by Gasteiger charge is 2.37. The van der Waals surface area contributed by atoms with E-state index in [1.54, 1.807) is 24.3 Å². The summed E-state index contributed by atoms with van der Waals surface area (Å²) in [6.45, 7) is 6.46. The van der Waals surface area contributed by atoms with Gasteiger partial charge in [0.15, 0.2) is 0 Å². The van der Waals surface area contributed by atoms with Crippen LogP contribution in [0.3, 0.4) is 0 Å². The Balaban J connectivity index is 1.97. The summed E-state index contributed by atoms with van der Waals surface area (Å²) < 4.78 is 5.38. The summed E-state index contributed by atoms with van der Waals surface area (Å²) in [4.78, 5) is 24.5. The summed E-state index contributed by atoms with van der Waals surface area (Å²) >= 11 is 0. The van der Waals surface area contributed by atoms with Crippen LogP contribution in [0.5, 0.6) is 0 Å². The monoisotopic (exact) mass is 288 g/mol. The predicted octanol–water partition coefficient (Wildman–Crippen LogP) is 3.73. The Bertz CT molecular complexity index is 492. The van der Waals surface area contributed by atoms with E-state index in [1.807, 2.05) is 6.07 Å². The molecule has 114 valence electrons. The summed E-state index contributed by atoms with van der Waals surface area (Å²) in [5.74, 6) is 0.528. The van der Waals surface area contributed by atoms with E-state index < -0.39 is 0 Å². The first-order valence-corrected chi connectivity index (χ1v) is 7.76. The number of benzene rings is 1. The molecule has 1 aromatic rings. The van der Waals surface area contributed by atoms with Gasteiger partial charge >= 0.3 is 5.97 Å². The van der Waals surface area contributed by atoms with Crippen LogP contribution in [0, 0.1) is 23.7 Å². The van der Waals surface area contributed by atoms with Crippen LogP contribution in [0.4, 0.5) is 0 Å². The minimum Gasteiger partial charge on any atom is -0.461 e. The Morgan fingerprint density at radius 1 is 1.24 bits per heavy atom. The van der Waals surface area contributed by atoms with E-state index in [0.717, 1.165) is 12.8 Å². The van der Waals surface area contributed by atoms with Gasteiger partial charge in [0.2, 0.25) is 0 Å². The molecule has 0 unspecified atom stereocenters. The first-order chi connectivity index (χ1) is 10.0. The van der Waals surface area contributed by atoms with Crippen molar-refractivity contribution in [1.29, 1.82) is 0 Å². The number of hydrogen-bond donors (Lipinski definition) is 0. The van der Waals surface area contributed by atoms with E-state index in [2.05, 4.69) is 20.8 Å². The third-order valence-electron chi connectivity index (χ3n) is 4.56. The molecule has 0 amide bonds. The molecule has 0 saturated heterocycles. The molecule has 0 spiro atoms. The molecule has 21 heavy (non-hydrogen) atoms. The average molecular weight is 288 g/mol. The maximum absolute atomic E-state index is 12.5. The molecular formula is C18H24O3. The first kappa shape index (κ1) is 15.7. The van der Waals surface area contributed by atoms with Crippen molar-refractivity contribution in [1.82, 2.24) is 0 Å². The van der Waals surface area contributed by atoms with Crippen molar-refractivity contribution in [2.75, 3.05) is 6.61 Å². The zero-order valence-corrected chi connectivity index (χ0v) is 13.0. The number of hydrogen-bond acceptors (Lipinski definition) is 3. The van der Waals surface area contributed by atoms with Crippen molar-refractivity contribution in [2.45, 2.75) is 33.6 Å². The van der Waals surface area contributed by atoms with Gasteiger partial charge in [0.1, 0.15) is 12.4 Å². The van der Waals surface area contributed by atoms with Crippen molar-refractivity contribution >= 4 is 11.8 Å². The lowest BCUT2D eigenvalue weighted by atomic mass is 9.70. The molecular weight excluding hydrogens is 264 g/mol. The van der Waals surface area contributed by atoms with Crippen molar-refractivity contribution in [3.05, 3.63) is 35.9 Å². The van der Waals surface area contributed by atoms with E-state index in [4.69, 9.17) is 4.74 Å². The van der Waals surface area contributed by atoms with Gasteiger partial charge in [-0.1, -0.05) is 39.0 Å². The molecule has 1 aliphatic carbocycles. The van der Waals surface area contributed by atoms with Crippen molar-refractivity contribution in [2.24, 2.45) is 23.7 Å². The number of rotatable bonds is 4. The number of ketones is 1. The molecule has 0 aliphatic heterocycles. The standard InChI is InChI=1S/C18H24O3/c1-12(2)15-10-9-13(3)16(17(15)19)11-21-18(20)14-7-5-4-6-8-14/h4-8,12-13,15-16H,9-11H2,1-3H3/t13-,15-,16-/m1/s1. The molecule has 1 fully saturated rings. The Hall–Kier alpha value is -1.64. The Labute approximate surface area is 126 Å². The third-order valence-corrected chi connectivity index (χ3v) is 4.56. The van der Waals surface area contributed by atoms with Gasteiger partial charge < -0.3 is 4.74 Å². The number of esters is 1.